The van der Waals surface area contributed by atoms with Gasteiger partial charge in [0.2, 0.25) is 5.72 Å². The van der Waals surface area contributed by atoms with Gasteiger partial charge in [-0.3, -0.25) is 4.48 Å². The lowest BCUT2D eigenvalue weighted by atomic mass is 10.1. The Morgan fingerprint density at radius 1 is 1.73 bits per heavy atom. The van der Waals surface area contributed by atoms with Gasteiger partial charge >= 0.3 is 0 Å². The number of hydrogen-bond acceptors (Lipinski definition) is 3. The minimum atomic E-state index is -1.12. The average Bonchev–Trinajstić information content (AvgIpc) is 2.24. The van der Waals surface area contributed by atoms with E-state index in [0.29, 0.717) is 24.1 Å². The molecule has 0 amide bonds. The summed E-state index contributed by atoms with van der Waals surface area (Å²) in [4.78, 5) is 0. The van der Waals surface area contributed by atoms with Crippen molar-refractivity contribution in [2.75, 3.05) is 32.8 Å². The first-order valence-electron chi connectivity index (χ1n) is 5.22. The molecule has 3 atom stereocenters. The van der Waals surface area contributed by atoms with Gasteiger partial charge < -0.3 is 14.9 Å². The summed E-state index contributed by atoms with van der Waals surface area (Å²) in [7, 11) is 0. The zero-order valence-corrected chi connectivity index (χ0v) is 9.22. The Bertz CT molecular complexity index is 234. The van der Waals surface area contributed by atoms with Crippen LogP contribution in [0.3, 0.4) is 0 Å². The highest BCUT2D eigenvalue weighted by molar-refractivity contribution is 4.82. The van der Waals surface area contributed by atoms with Gasteiger partial charge in [-0.1, -0.05) is 6.58 Å². The molecule has 0 aliphatic carbocycles. The van der Waals surface area contributed by atoms with Crippen LogP contribution in [0.2, 0.25) is 0 Å². The summed E-state index contributed by atoms with van der Waals surface area (Å²) in [5, 5.41) is 19.0. The predicted octanol–water partition coefficient (Wildman–Crippen LogP) is -0.200. The molecule has 1 aliphatic heterocycles. The van der Waals surface area contributed by atoms with Crippen LogP contribution in [0.1, 0.15) is 6.92 Å². The third kappa shape index (κ3) is 2.08. The molecule has 0 bridgehead atoms. The highest BCUT2D eigenvalue weighted by Crippen LogP contribution is 2.30. The van der Waals surface area contributed by atoms with Gasteiger partial charge in [-0.25, -0.2) is 0 Å². The van der Waals surface area contributed by atoms with Crippen LogP contribution in [0.15, 0.2) is 12.7 Å². The second-order valence-corrected chi connectivity index (χ2v) is 4.08. The lowest BCUT2D eigenvalue weighted by molar-refractivity contribution is -0.997. The van der Waals surface area contributed by atoms with Crippen molar-refractivity contribution in [1.29, 1.82) is 0 Å². The van der Waals surface area contributed by atoms with Crippen LogP contribution >= 0.6 is 0 Å². The first-order chi connectivity index (χ1) is 7.03. The van der Waals surface area contributed by atoms with E-state index in [1.807, 2.05) is 6.92 Å². The number of hydrogen-bond donors (Lipinski definition) is 2. The predicted molar refractivity (Wildman–Crippen MR) is 56.8 cm³/mol. The van der Waals surface area contributed by atoms with E-state index in [1.165, 1.54) is 0 Å². The summed E-state index contributed by atoms with van der Waals surface area (Å²) >= 11 is 0. The third-order valence-electron chi connectivity index (χ3n) is 3.20. The smallest absolute Gasteiger partial charge is 0.231 e. The summed E-state index contributed by atoms with van der Waals surface area (Å²) in [5.41, 5.74) is -1.12. The summed E-state index contributed by atoms with van der Waals surface area (Å²) in [6, 6.07) is 0. The quantitative estimate of drug-likeness (QED) is 0.503. The maximum Gasteiger partial charge on any atom is 0.231 e. The Morgan fingerprint density at radius 2 is 2.40 bits per heavy atom. The number of nitrogens with zero attached hydrogens (tertiary/aromatic N) is 1. The third-order valence-corrected chi connectivity index (χ3v) is 3.20. The maximum atomic E-state index is 9.62. The van der Waals surface area contributed by atoms with Crippen molar-refractivity contribution in [3.8, 4) is 0 Å². The Balaban J connectivity index is 2.98. The molecular weight excluding hydrogens is 194 g/mol. The molecule has 86 valence electrons. The zero-order valence-electron chi connectivity index (χ0n) is 9.22. The number of aliphatic hydroxyl groups excluding tert-OH is 2. The molecule has 0 aromatic carbocycles. The topological polar surface area (TPSA) is 49.7 Å². The molecule has 2 radical (unpaired) electrons. The van der Waals surface area contributed by atoms with Gasteiger partial charge in [-0.2, -0.15) is 0 Å². The van der Waals surface area contributed by atoms with Crippen molar-refractivity contribution in [3.63, 3.8) is 0 Å². The van der Waals surface area contributed by atoms with Crippen LogP contribution in [0.4, 0.5) is 0 Å². The molecule has 1 heterocycles. The van der Waals surface area contributed by atoms with Crippen molar-refractivity contribution >= 4 is 0 Å². The van der Waals surface area contributed by atoms with Crippen LogP contribution in [0, 0.1) is 6.92 Å². The molecule has 1 fully saturated rings. The second-order valence-electron chi connectivity index (χ2n) is 4.08. The largest absolute Gasteiger partial charge is 0.387 e. The van der Waals surface area contributed by atoms with Gasteiger partial charge in [-0.05, 0) is 13.0 Å². The maximum absolute atomic E-state index is 9.62. The van der Waals surface area contributed by atoms with Crippen LogP contribution in [-0.2, 0) is 4.74 Å². The molecule has 0 saturated carbocycles. The van der Waals surface area contributed by atoms with Gasteiger partial charge in [0.25, 0.3) is 0 Å². The fourth-order valence-corrected chi connectivity index (χ4v) is 2.19. The average molecular weight is 214 g/mol. The first kappa shape index (κ1) is 12.6. The highest BCUT2D eigenvalue weighted by Gasteiger charge is 2.51. The fraction of sp³-hybridized carbons (Fsp3) is 0.727. The summed E-state index contributed by atoms with van der Waals surface area (Å²) < 4.78 is 5.70. The van der Waals surface area contributed by atoms with Gasteiger partial charge in [0.1, 0.15) is 19.3 Å². The molecular formula is C11H20NO3+. The van der Waals surface area contributed by atoms with E-state index < -0.39 is 11.8 Å². The van der Waals surface area contributed by atoms with Crippen LogP contribution in [0.5, 0.6) is 0 Å². The number of aliphatic hydroxyl groups is 2. The van der Waals surface area contributed by atoms with E-state index in [1.54, 1.807) is 6.08 Å². The van der Waals surface area contributed by atoms with Gasteiger partial charge in [0, 0.05) is 0 Å². The molecule has 2 N–H and O–H groups in total. The highest BCUT2D eigenvalue weighted by atomic mass is 16.5. The minimum Gasteiger partial charge on any atom is -0.387 e. The van der Waals surface area contributed by atoms with Crippen molar-refractivity contribution in [2.45, 2.75) is 18.8 Å². The molecule has 4 nitrogen and oxygen atoms in total. The summed E-state index contributed by atoms with van der Waals surface area (Å²) in [6.45, 7) is 13.3. The van der Waals surface area contributed by atoms with E-state index >= 15 is 0 Å². The van der Waals surface area contributed by atoms with Crippen molar-refractivity contribution in [3.05, 3.63) is 19.6 Å². The summed E-state index contributed by atoms with van der Waals surface area (Å²) in [6.07, 6.45) is 1.20. The monoisotopic (exact) mass is 214 g/mol. The molecule has 0 spiro atoms. The Labute approximate surface area is 91.4 Å². The SMILES string of the molecule is [CH]C1(CO)OCC(O)C[N+]1(CC)CC=C. The lowest BCUT2D eigenvalue weighted by Gasteiger charge is -2.53. The first-order valence-corrected chi connectivity index (χ1v) is 5.22. The van der Waals surface area contributed by atoms with E-state index in [9.17, 15) is 10.2 Å². The van der Waals surface area contributed by atoms with Crippen LogP contribution in [0.25, 0.3) is 0 Å². The molecule has 1 aliphatic rings. The normalized spacial score (nSPS) is 41.5. The van der Waals surface area contributed by atoms with E-state index in [-0.39, 0.29) is 13.2 Å². The molecule has 4 heteroatoms. The second kappa shape index (κ2) is 4.61. The van der Waals surface area contributed by atoms with Crippen LogP contribution < -0.4 is 0 Å². The lowest BCUT2D eigenvalue weighted by Crippen LogP contribution is -2.72. The van der Waals surface area contributed by atoms with Gasteiger partial charge in [0.05, 0.1) is 26.6 Å². The number of quaternary nitrogens is 1. The van der Waals surface area contributed by atoms with Gasteiger partial charge in [0.15, 0.2) is 0 Å². The Morgan fingerprint density at radius 3 is 2.87 bits per heavy atom. The van der Waals surface area contributed by atoms with Crippen LogP contribution in [-0.4, -0.2) is 59.4 Å². The standard InChI is InChI=1S/C11H20NO3/c1-4-6-12(5-2)7-10(14)8-15-11(12,3)9-13/h3-4,10,13-14H,1,5-9H2,2H3/q+1. The van der Waals surface area contributed by atoms with E-state index in [2.05, 4.69) is 6.58 Å². The number of rotatable bonds is 4. The van der Waals surface area contributed by atoms with E-state index in [0.717, 1.165) is 0 Å². The van der Waals surface area contributed by atoms with Crippen molar-refractivity contribution in [1.82, 2.24) is 0 Å². The molecule has 0 aromatic heterocycles. The molecule has 3 unspecified atom stereocenters. The molecule has 0 aromatic rings. The zero-order chi connectivity index (χ0) is 11.5. The van der Waals surface area contributed by atoms with Crippen molar-refractivity contribution < 1.29 is 19.4 Å². The number of likely N-dealkylation sites (N-methyl/N-ethyl adjacent to an activating group) is 1. The Hall–Kier alpha value is -0.420. The number of ether oxygens (including phenoxy) is 1. The van der Waals surface area contributed by atoms with Gasteiger partial charge in [-0.15, -0.1) is 0 Å². The molecule has 15 heavy (non-hydrogen) atoms. The summed E-state index contributed by atoms with van der Waals surface area (Å²) in [5.74, 6) is 0. The van der Waals surface area contributed by atoms with E-state index in [4.69, 9.17) is 11.7 Å². The fourth-order valence-electron chi connectivity index (χ4n) is 2.19. The molecule has 1 rings (SSSR count). The molecule has 1 saturated heterocycles. The minimum absolute atomic E-state index is 0.175. The Kier molecular flexibility index (Phi) is 3.89. The van der Waals surface area contributed by atoms with Crippen molar-refractivity contribution in [2.24, 2.45) is 0 Å².